The summed E-state index contributed by atoms with van der Waals surface area (Å²) < 4.78 is 5.23. The molecule has 3 nitrogen and oxygen atoms in total. The van der Waals surface area contributed by atoms with Crippen LogP contribution in [0.25, 0.3) is 11.1 Å². The van der Waals surface area contributed by atoms with Crippen molar-refractivity contribution in [3.05, 3.63) is 17.5 Å². The Kier molecular flexibility index (Phi) is 0.897. The maximum absolute atomic E-state index is 5.23. The highest BCUT2D eigenvalue weighted by Crippen LogP contribution is 2.19. The van der Waals surface area contributed by atoms with E-state index in [1.165, 1.54) is 0 Å². The van der Waals surface area contributed by atoms with E-state index in [1.54, 1.807) is 6.26 Å². The van der Waals surface area contributed by atoms with Crippen LogP contribution in [0.2, 0.25) is 0 Å². The van der Waals surface area contributed by atoms with E-state index < -0.39 is 0 Å². The molecule has 10 heavy (non-hydrogen) atoms. The quantitative estimate of drug-likeness (QED) is 0.599. The van der Waals surface area contributed by atoms with Gasteiger partial charge < -0.3 is 4.42 Å². The van der Waals surface area contributed by atoms with Gasteiger partial charge in [-0.1, -0.05) is 0 Å². The Morgan fingerprint density at radius 2 is 2.30 bits per heavy atom. The third-order valence-corrected chi connectivity index (χ3v) is 1.64. The molecule has 0 bridgehead atoms. The molecule has 2 heterocycles. The molecule has 2 aromatic heterocycles. The summed E-state index contributed by atoms with van der Waals surface area (Å²) in [6.07, 6.45) is 1.73. The van der Waals surface area contributed by atoms with Crippen LogP contribution in [0, 0.1) is 13.8 Å². The fourth-order valence-electron chi connectivity index (χ4n) is 1.04. The minimum atomic E-state index is 0.873. The zero-order valence-electron chi connectivity index (χ0n) is 5.93. The molecule has 0 unspecified atom stereocenters. The third-order valence-electron chi connectivity index (χ3n) is 1.64. The van der Waals surface area contributed by atoms with Crippen LogP contribution < -0.4 is 0 Å². The molecule has 0 aliphatic rings. The number of H-pyrrole nitrogens is 1. The number of nitrogens with zero attached hydrogens (tertiary/aromatic N) is 1. The van der Waals surface area contributed by atoms with Crippen molar-refractivity contribution < 1.29 is 4.42 Å². The van der Waals surface area contributed by atoms with Gasteiger partial charge in [-0.2, -0.15) is 5.10 Å². The van der Waals surface area contributed by atoms with E-state index in [1.807, 2.05) is 13.8 Å². The molecule has 2 rings (SSSR count). The van der Waals surface area contributed by atoms with E-state index in [4.69, 9.17) is 4.42 Å². The van der Waals surface area contributed by atoms with Crippen LogP contribution in [0.4, 0.5) is 0 Å². The van der Waals surface area contributed by atoms with Gasteiger partial charge in [0.15, 0.2) is 5.58 Å². The van der Waals surface area contributed by atoms with Gasteiger partial charge in [0.2, 0.25) is 0 Å². The summed E-state index contributed by atoms with van der Waals surface area (Å²) in [5.41, 5.74) is 3.91. The lowest BCUT2D eigenvalue weighted by atomic mass is 10.3. The predicted molar refractivity (Wildman–Crippen MR) is 37.8 cm³/mol. The second-order valence-electron chi connectivity index (χ2n) is 2.43. The number of aryl methyl sites for hydroxylation is 2. The third kappa shape index (κ3) is 0.518. The van der Waals surface area contributed by atoms with Gasteiger partial charge >= 0.3 is 0 Å². The van der Waals surface area contributed by atoms with Gasteiger partial charge in [0.25, 0.3) is 0 Å². The number of furan rings is 1. The van der Waals surface area contributed by atoms with Crippen LogP contribution in [0.3, 0.4) is 0 Å². The van der Waals surface area contributed by atoms with Crippen LogP contribution in [-0.4, -0.2) is 10.2 Å². The Balaban J connectivity index is 2.95. The number of rotatable bonds is 0. The molecule has 0 aliphatic heterocycles. The fraction of sp³-hybridized carbons (Fsp3) is 0.286. The lowest BCUT2D eigenvalue weighted by Crippen LogP contribution is -1.69. The lowest BCUT2D eigenvalue weighted by molar-refractivity contribution is 0.609. The van der Waals surface area contributed by atoms with Gasteiger partial charge in [0, 0.05) is 5.56 Å². The Labute approximate surface area is 58.0 Å². The predicted octanol–water partition coefficient (Wildman–Crippen LogP) is 1.77. The lowest BCUT2D eigenvalue weighted by Gasteiger charge is -1.74. The molecule has 0 saturated heterocycles. The maximum atomic E-state index is 5.23. The number of nitrogens with one attached hydrogen (secondary N) is 1. The summed E-state index contributed by atoms with van der Waals surface area (Å²) in [6.45, 7) is 3.91. The molecule has 0 saturated carbocycles. The molecule has 0 atom stereocenters. The van der Waals surface area contributed by atoms with Crippen LogP contribution in [0.5, 0.6) is 0 Å². The monoisotopic (exact) mass is 136 g/mol. The first kappa shape index (κ1) is 5.53. The van der Waals surface area contributed by atoms with Gasteiger partial charge in [-0.25, -0.2) is 0 Å². The molecular formula is C7H8N2O. The highest BCUT2D eigenvalue weighted by atomic mass is 16.3. The Bertz CT molecular complexity index is 322. The smallest absolute Gasteiger partial charge is 0.174 e. The van der Waals surface area contributed by atoms with Crippen LogP contribution in [-0.2, 0) is 0 Å². The second kappa shape index (κ2) is 1.62. The molecule has 1 N–H and O–H groups in total. The largest absolute Gasteiger partial charge is 0.460 e. The average Bonchev–Trinajstić information content (AvgIpc) is 2.41. The van der Waals surface area contributed by atoms with Gasteiger partial charge in [-0.05, 0) is 13.8 Å². The normalized spacial score (nSPS) is 11.0. The molecule has 0 fully saturated rings. The van der Waals surface area contributed by atoms with E-state index in [9.17, 15) is 0 Å². The topological polar surface area (TPSA) is 41.8 Å². The first-order valence-corrected chi connectivity index (χ1v) is 3.18. The fourth-order valence-corrected chi connectivity index (χ4v) is 1.04. The van der Waals surface area contributed by atoms with Gasteiger partial charge in [0.05, 0.1) is 6.26 Å². The zero-order valence-corrected chi connectivity index (χ0v) is 5.93. The molecule has 0 spiro atoms. The van der Waals surface area contributed by atoms with Crippen molar-refractivity contribution in [2.45, 2.75) is 13.8 Å². The van der Waals surface area contributed by atoms with Crippen molar-refractivity contribution >= 4 is 11.1 Å². The molecule has 0 aliphatic carbocycles. The van der Waals surface area contributed by atoms with Gasteiger partial charge in [-0.3, -0.25) is 5.10 Å². The van der Waals surface area contributed by atoms with Gasteiger partial charge in [0.1, 0.15) is 11.2 Å². The second-order valence-corrected chi connectivity index (χ2v) is 2.43. The van der Waals surface area contributed by atoms with E-state index in [2.05, 4.69) is 10.2 Å². The van der Waals surface area contributed by atoms with Crippen molar-refractivity contribution in [1.29, 1.82) is 0 Å². The minimum Gasteiger partial charge on any atom is -0.460 e. The molecular weight excluding hydrogens is 128 g/mol. The number of fused-ring (bicyclic) bond motifs is 1. The Morgan fingerprint density at radius 1 is 1.50 bits per heavy atom. The summed E-state index contributed by atoms with van der Waals surface area (Å²) in [5.74, 6) is 0. The van der Waals surface area contributed by atoms with Crippen LogP contribution >= 0.6 is 0 Å². The summed E-state index contributed by atoms with van der Waals surface area (Å²) in [4.78, 5) is 0. The van der Waals surface area contributed by atoms with Crippen LogP contribution in [0.15, 0.2) is 10.7 Å². The zero-order chi connectivity index (χ0) is 7.14. The molecule has 0 amide bonds. The molecule has 3 heteroatoms. The highest BCUT2D eigenvalue weighted by molar-refractivity contribution is 5.78. The van der Waals surface area contributed by atoms with Crippen molar-refractivity contribution in [1.82, 2.24) is 10.2 Å². The number of hydrogen-bond acceptors (Lipinski definition) is 2. The molecule has 2 aromatic rings. The van der Waals surface area contributed by atoms with Crippen molar-refractivity contribution in [3.63, 3.8) is 0 Å². The standard InChI is InChI=1S/C7H8N2O/c1-4-3-10-7-5(2)8-9-6(4)7/h3H,1-2H3,(H,8,9). The van der Waals surface area contributed by atoms with E-state index >= 15 is 0 Å². The summed E-state index contributed by atoms with van der Waals surface area (Å²) in [5, 5.41) is 6.89. The van der Waals surface area contributed by atoms with Crippen LogP contribution in [0.1, 0.15) is 11.3 Å². The first-order chi connectivity index (χ1) is 4.79. The van der Waals surface area contributed by atoms with Gasteiger partial charge in [-0.15, -0.1) is 0 Å². The van der Waals surface area contributed by atoms with E-state index in [0.29, 0.717) is 0 Å². The molecule has 0 aromatic carbocycles. The maximum Gasteiger partial charge on any atom is 0.174 e. The summed E-state index contributed by atoms with van der Waals surface area (Å²) in [6, 6.07) is 0. The highest BCUT2D eigenvalue weighted by Gasteiger charge is 2.06. The van der Waals surface area contributed by atoms with Crippen molar-refractivity contribution in [2.24, 2.45) is 0 Å². The van der Waals surface area contributed by atoms with E-state index in [-0.39, 0.29) is 0 Å². The summed E-state index contributed by atoms with van der Waals surface area (Å²) in [7, 11) is 0. The average molecular weight is 136 g/mol. The number of hydrogen-bond donors (Lipinski definition) is 1. The molecule has 52 valence electrons. The Morgan fingerprint density at radius 3 is 3.00 bits per heavy atom. The Hall–Kier alpha value is -1.25. The van der Waals surface area contributed by atoms with Crippen molar-refractivity contribution in [3.8, 4) is 0 Å². The SMILES string of the molecule is Cc1coc2c(C)n[nH]c12. The molecule has 0 radical (unpaired) electrons. The van der Waals surface area contributed by atoms with Crippen molar-refractivity contribution in [2.75, 3.05) is 0 Å². The summed E-state index contributed by atoms with van der Waals surface area (Å²) >= 11 is 0. The number of aromatic nitrogens is 2. The van der Waals surface area contributed by atoms with E-state index in [0.717, 1.165) is 22.4 Å². The number of aromatic amines is 1. The first-order valence-electron chi connectivity index (χ1n) is 3.18. The minimum absolute atomic E-state index is 0.873.